The highest BCUT2D eigenvalue weighted by molar-refractivity contribution is 5.97. The Labute approximate surface area is 166 Å². The molecule has 4 aromatic rings. The van der Waals surface area contributed by atoms with Gasteiger partial charge >= 0.3 is 5.63 Å². The summed E-state index contributed by atoms with van der Waals surface area (Å²) in [6.07, 6.45) is 2.70. The largest absolute Gasteiger partial charge is 0.497 e. The fraction of sp³-hybridized carbons (Fsp3) is 0.217. The highest BCUT2D eigenvalue weighted by Crippen LogP contribution is 2.36. The molecule has 1 aliphatic rings. The Morgan fingerprint density at radius 1 is 1.21 bits per heavy atom. The maximum atomic E-state index is 12.9. The predicted octanol–water partition coefficient (Wildman–Crippen LogP) is 4.09. The van der Waals surface area contributed by atoms with Crippen LogP contribution in [0, 0.1) is 0 Å². The lowest BCUT2D eigenvalue weighted by molar-refractivity contribution is 0.0928. The quantitative estimate of drug-likeness (QED) is 0.518. The Bertz CT molecular complexity index is 1300. The topological polar surface area (TPSA) is 84.3 Å². The van der Waals surface area contributed by atoms with Crippen LogP contribution in [0.15, 0.2) is 57.7 Å². The predicted molar refractivity (Wildman–Crippen MR) is 110 cm³/mol. The Morgan fingerprint density at radius 3 is 2.93 bits per heavy atom. The number of nitrogens with one attached hydrogen (secondary N) is 2. The van der Waals surface area contributed by atoms with Gasteiger partial charge in [-0.15, -0.1) is 0 Å². The van der Waals surface area contributed by atoms with E-state index >= 15 is 0 Å². The van der Waals surface area contributed by atoms with Gasteiger partial charge in [-0.05, 0) is 55.2 Å². The first-order valence-corrected chi connectivity index (χ1v) is 9.66. The molecule has 146 valence electrons. The first kappa shape index (κ1) is 17.6. The van der Waals surface area contributed by atoms with Crippen LogP contribution in [-0.4, -0.2) is 18.0 Å². The van der Waals surface area contributed by atoms with Crippen LogP contribution in [0.1, 0.15) is 40.5 Å². The molecule has 29 heavy (non-hydrogen) atoms. The average Bonchev–Trinajstić information content (AvgIpc) is 3.12. The number of fused-ring (bicyclic) bond motifs is 4. The Hall–Kier alpha value is -3.54. The van der Waals surface area contributed by atoms with E-state index in [1.807, 2.05) is 30.3 Å². The lowest BCUT2D eigenvalue weighted by atomic mass is 9.91. The minimum atomic E-state index is -0.626. The zero-order chi connectivity index (χ0) is 20.0. The highest BCUT2D eigenvalue weighted by atomic mass is 16.5. The summed E-state index contributed by atoms with van der Waals surface area (Å²) in [4.78, 5) is 28.7. The number of aromatic amines is 1. The van der Waals surface area contributed by atoms with Crippen molar-refractivity contribution in [3.63, 3.8) is 0 Å². The normalized spacial score (nSPS) is 16.0. The van der Waals surface area contributed by atoms with Gasteiger partial charge in [0.05, 0.1) is 13.2 Å². The SMILES string of the molecule is COc1ccc2[nH]c3c(c2c1)CCCC3NC(=O)c1cc2ccccc2oc1=O. The number of hydrogen-bond acceptors (Lipinski definition) is 4. The molecule has 0 bridgehead atoms. The zero-order valence-corrected chi connectivity index (χ0v) is 16.0. The number of hydrogen-bond donors (Lipinski definition) is 2. The van der Waals surface area contributed by atoms with Crippen molar-refractivity contribution in [2.45, 2.75) is 25.3 Å². The van der Waals surface area contributed by atoms with Crippen molar-refractivity contribution in [2.75, 3.05) is 7.11 Å². The van der Waals surface area contributed by atoms with Gasteiger partial charge in [-0.1, -0.05) is 18.2 Å². The number of amides is 1. The number of carbonyl (C=O) groups is 1. The number of H-pyrrole nitrogens is 1. The van der Waals surface area contributed by atoms with Crippen molar-refractivity contribution in [1.82, 2.24) is 10.3 Å². The van der Waals surface area contributed by atoms with E-state index in [9.17, 15) is 9.59 Å². The molecule has 0 fully saturated rings. The van der Waals surface area contributed by atoms with E-state index in [1.165, 1.54) is 5.56 Å². The fourth-order valence-corrected chi connectivity index (χ4v) is 4.17. The van der Waals surface area contributed by atoms with Gasteiger partial charge in [0.15, 0.2) is 0 Å². The van der Waals surface area contributed by atoms with Crippen molar-refractivity contribution < 1.29 is 13.9 Å². The van der Waals surface area contributed by atoms with Gasteiger partial charge in [0, 0.05) is 22.0 Å². The summed E-state index contributed by atoms with van der Waals surface area (Å²) in [7, 11) is 1.65. The van der Waals surface area contributed by atoms with Crippen LogP contribution in [0.4, 0.5) is 0 Å². The van der Waals surface area contributed by atoms with Gasteiger partial charge in [0.25, 0.3) is 5.91 Å². The summed E-state index contributed by atoms with van der Waals surface area (Å²) >= 11 is 0. The van der Waals surface area contributed by atoms with Crippen molar-refractivity contribution in [3.8, 4) is 5.75 Å². The van der Waals surface area contributed by atoms with E-state index in [0.29, 0.717) is 5.58 Å². The molecule has 6 nitrogen and oxygen atoms in total. The molecular weight excluding hydrogens is 368 g/mol. The Morgan fingerprint density at radius 2 is 2.07 bits per heavy atom. The molecule has 2 N–H and O–H groups in total. The van der Waals surface area contributed by atoms with E-state index in [0.717, 1.165) is 47.0 Å². The molecule has 1 atom stereocenters. The van der Waals surface area contributed by atoms with Crippen LogP contribution in [0.25, 0.3) is 21.9 Å². The molecule has 6 heteroatoms. The standard InChI is InChI=1S/C23H20N2O4/c1-28-14-9-10-18-16(12-14)15-6-4-7-19(21(15)24-18)25-22(26)17-11-13-5-2-3-8-20(13)29-23(17)27/h2-3,5,8-12,19,24H,4,6-7H2,1H3,(H,25,26). The van der Waals surface area contributed by atoms with Crippen LogP contribution in [0.5, 0.6) is 5.75 Å². The second kappa shape index (κ2) is 6.81. The number of ether oxygens (including phenoxy) is 1. The van der Waals surface area contributed by atoms with Crippen LogP contribution in [-0.2, 0) is 6.42 Å². The summed E-state index contributed by atoms with van der Waals surface area (Å²) in [6, 6.07) is 14.5. The monoisotopic (exact) mass is 388 g/mol. The lowest BCUT2D eigenvalue weighted by Crippen LogP contribution is -2.33. The summed E-state index contributed by atoms with van der Waals surface area (Å²) in [5.41, 5.74) is 3.08. The highest BCUT2D eigenvalue weighted by Gasteiger charge is 2.27. The maximum absolute atomic E-state index is 12.9. The number of para-hydroxylation sites is 1. The first-order valence-electron chi connectivity index (χ1n) is 9.66. The number of aromatic nitrogens is 1. The molecule has 0 saturated carbocycles. The molecular formula is C23H20N2O4. The second-order valence-corrected chi connectivity index (χ2v) is 7.33. The Balaban J connectivity index is 1.50. The van der Waals surface area contributed by atoms with Gasteiger partial charge in [-0.25, -0.2) is 4.79 Å². The molecule has 0 aliphatic heterocycles. The van der Waals surface area contributed by atoms with Crippen LogP contribution >= 0.6 is 0 Å². The molecule has 1 unspecified atom stereocenters. The van der Waals surface area contributed by atoms with Gasteiger partial charge in [-0.2, -0.15) is 0 Å². The van der Waals surface area contributed by atoms with Crippen LogP contribution in [0.3, 0.4) is 0 Å². The smallest absolute Gasteiger partial charge is 0.349 e. The van der Waals surface area contributed by atoms with Gasteiger partial charge in [0.1, 0.15) is 16.9 Å². The number of aryl methyl sites for hydroxylation is 1. The number of carbonyl (C=O) groups excluding carboxylic acids is 1. The van der Waals surface area contributed by atoms with E-state index in [4.69, 9.17) is 9.15 Å². The van der Waals surface area contributed by atoms with E-state index in [-0.39, 0.29) is 11.6 Å². The van der Waals surface area contributed by atoms with Crippen molar-refractivity contribution in [3.05, 3.63) is 75.8 Å². The van der Waals surface area contributed by atoms with Gasteiger partial charge in [0.2, 0.25) is 0 Å². The molecule has 0 spiro atoms. The third kappa shape index (κ3) is 2.97. The molecule has 2 aromatic carbocycles. The molecule has 0 saturated heterocycles. The maximum Gasteiger partial charge on any atom is 0.349 e. The third-order valence-corrected chi connectivity index (χ3v) is 5.61. The number of methoxy groups -OCH3 is 1. The molecule has 2 aromatic heterocycles. The number of rotatable bonds is 3. The van der Waals surface area contributed by atoms with E-state index < -0.39 is 11.5 Å². The minimum Gasteiger partial charge on any atom is -0.497 e. The van der Waals surface area contributed by atoms with E-state index in [1.54, 1.807) is 25.3 Å². The average molecular weight is 388 g/mol. The van der Waals surface area contributed by atoms with Crippen molar-refractivity contribution in [2.24, 2.45) is 0 Å². The van der Waals surface area contributed by atoms with Gasteiger partial charge < -0.3 is 19.5 Å². The molecule has 1 aliphatic carbocycles. The zero-order valence-electron chi connectivity index (χ0n) is 16.0. The second-order valence-electron chi connectivity index (χ2n) is 7.33. The fourth-order valence-electron chi connectivity index (χ4n) is 4.17. The first-order chi connectivity index (χ1) is 14.1. The summed E-state index contributed by atoms with van der Waals surface area (Å²) in [5.74, 6) is 0.387. The molecule has 2 heterocycles. The van der Waals surface area contributed by atoms with Crippen molar-refractivity contribution in [1.29, 1.82) is 0 Å². The van der Waals surface area contributed by atoms with Crippen molar-refractivity contribution >= 4 is 27.8 Å². The lowest BCUT2D eigenvalue weighted by Gasteiger charge is -2.23. The van der Waals surface area contributed by atoms with E-state index in [2.05, 4.69) is 10.3 Å². The Kier molecular flexibility index (Phi) is 4.12. The minimum absolute atomic E-state index is 0.0219. The molecule has 0 radical (unpaired) electrons. The summed E-state index contributed by atoms with van der Waals surface area (Å²) in [6.45, 7) is 0. The molecule has 5 rings (SSSR count). The summed E-state index contributed by atoms with van der Waals surface area (Å²) in [5, 5.41) is 4.86. The van der Waals surface area contributed by atoms with Crippen LogP contribution < -0.4 is 15.7 Å². The van der Waals surface area contributed by atoms with Gasteiger partial charge in [-0.3, -0.25) is 4.79 Å². The van der Waals surface area contributed by atoms with Crippen LogP contribution in [0.2, 0.25) is 0 Å². The molecule has 1 amide bonds. The number of benzene rings is 2. The summed E-state index contributed by atoms with van der Waals surface area (Å²) < 4.78 is 10.7. The third-order valence-electron chi connectivity index (χ3n) is 5.61.